The van der Waals surface area contributed by atoms with E-state index in [1.54, 1.807) is 0 Å². The molecular formula is C18H16F2N2O2S. The lowest BCUT2D eigenvalue weighted by molar-refractivity contribution is -0.0498. The van der Waals surface area contributed by atoms with Gasteiger partial charge < -0.3 is 10.1 Å². The molecule has 1 atom stereocenters. The van der Waals surface area contributed by atoms with Gasteiger partial charge in [0.05, 0.1) is 5.56 Å². The normalized spacial score (nSPS) is 16.2. The molecule has 25 heavy (non-hydrogen) atoms. The smallest absolute Gasteiger partial charge is 0.387 e. The van der Waals surface area contributed by atoms with Gasteiger partial charge in [-0.25, -0.2) is 0 Å². The molecule has 1 N–H and O–H groups in total. The van der Waals surface area contributed by atoms with Gasteiger partial charge in [0.2, 0.25) is 0 Å². The first-order valence-electron chi connectivity index (χ1n) is 7.88. The number of nitrogens with one attached hydrogen (secondary N) is 1. The Morgan fingerprint density at radius 2 is 2.12 bits per heavy atom. The van der Waals surface area contributed by atoms with E-state index < -0.39 is 6.61 Å². The van der Waals surface area contributed by atoms with E-state index in [0.29, 0.717) is 22.0 Å². The van der Waals surface area contributed by atoms with Gasteiger partial charge in [-0.05, 0) is 55.0 Å². The Kier molecular flexibility index (Phi) is 5.00. The Balaban J connectivity index is 1.78. The predicted octanol–water partition coefficient (Wildman–Crippen LogP) is 4.60. The van der Waals surface area contributed by atoms with E-state index in [9.17, 15) is 18.8 Å². The maximum absolute atomic E-state index is 12.4. The third-order valence-corrected chi connectivity index (χ3v) is 5.36. The fourth-order valence-electron chi connectivity index (χ4n) is 2.92. The topological polar surface area (TPSA) is 62.1 Å². The van der Waals surface area contributed by atoms with E-state index in [1.807, 2.05) is 0 Å². The van der Waals surface area contributed by atoms with Gasteiger partial charge in [-0.2, -0.15) is 14.0 Å². The number of anilines is 1. The number of halogens is 2. The zero-order chi connectivity index (χ0) is 18.0. The molecule has 1 aromatic carbocycles. The van der Waals surface area contributed by atoms with Crippen molar-refractivity contribution in [2.45, 2.75) is 32.8 Å². The summed E-state index contributed by atoms with van der Waals surface area (Å²) in [7, 11) is 0. The van der Waals surface area contributed by atoms with Crippen molar-refractivity contribution in [1.82, 2.24) is 0 Å². The van der Waals surface area contributed by atoms with Gasteiger partial charge in [0.25, 0.3) is 5.91 Å². The highest BCUT2D eigenvalue weighted by Gasteiger charge is 2.24. The minimum absolute atomic E-state index is 0.00941. The maximum atomic E-state index is 12.4. The highest BCUT2D eigenvalue weighted by atomic mass is 32.1. The highest BCUT2D eigenvalue weighted by Crippen LogP contribution is 2.39. The van der Waals surface area contributed by atoms with Gasteiger partial charge in [-0.3, -0.25) is 4.79 Å². The fourth-order valence-corrected chi connectivity index (χ4v) is 4.28. The van der Waals surface area contributed by atoms with Crippen LogP contribution in [-0.4, -0.2) is 12.5 Å². The van der Waals surface area contributed by atoms with Gasteiger partial charge in [-0.15, -0.1) is 11.3 Å². The summed E-state index contributed by atoms with van der Waals surface area (Å²) in [5, 5.41) is 12.8. The molecule has 0 bridgehead atoms. The van der Waals surface area contributed by atoms with Crippen molar-refractivity contribution in [3.63, 3.8) is 0 Å². The second kappa shape index (κ2) is 7.19. The molecule has 0 aliphatic heterocycles. The molecule has 3 rings (SSSR count). The van der Waals surface area contributed by atoms with E-state index in [4.69, 9.17) is 0 Å². The number of alkyl halides is 2. The summed E-state index contributed by atoms with van der Waals surface area (Å²) in [6.07, 6.45) is 2.81. The number of amides is 1. The number of benzene rings is 1. The average molecular weight is 362 g/mol. The Morgan fingerprint density at radius 3 is 2.76 bits per heavy atom. The average Bonchev–Trinajstić information content (AvgIpc) is 2.90. The van der Waals surface area contributed by atoms with Crippen molar-refractivity contribution in [2.75, 3.05) is 5.32 Å². The standard InChI is InChI=1S/C18H16F2N2O2S/c1-10-2-7-13-14(9-21)17(25-15(13)8-10)22-16(23)11-3-5-12(6-4-11)24-18(19)20/h3-6,10,18H,2,7-8H2,1H3,(H,22,23). The zero-order valence-corrected chi connectivity index (χ0v) is 14.3. The zero-order valence-electron chi connectivity index (χ0n) is 13.5. The number of carbonyl (C=O) groups excluding carboxylic acids is 1. The monoisotopic (exact) mass is 362 g/mol. The predicted molar refractivity (Wildman–Crippen MR) is 91.3 cm³/mol. The first kappa shape index (κ1) is 17.4. The van der Waals surface area contributed by atoms with Crippen molar-refractivity contribution in [2.24, 2.45) is 5.92 Å². The van der Waals surface area contributed by atoms with Crippen LogP contribution in [0.2, 0.25) is 0 Å². The fraction of sp³-hybridized carbons (Fsp3) is 0.333. The van der Waals surface area contributed by atoms with Crippen LogP contribution < -0.4 is 10.1 Å². The van der Waals surface area contributed by atoms with E-state index >= 15 is 0 Å². The molecule has 1 heterocycles. The van der Waals surface area contributed by atoms with Crippen molar-refractivity contribution < 1.29 is 18.3 Å². The van der Waals surface area contributed by atoms with E-state index in [0.717, 1.165) is 29.7 Å². The summed E-state index contributed by atoms with van der Waals surface area (Å²) in [6, 6.07) is 7.65. The molecule has 130 valence electrons. The van der Waals surface area contributed by atoms with Crippen LogP contribution in [0.3, 0.4) is 0 Å². The molecule has 1 unspecified atom stereocenters. The summed E-state index contributed by atoms with van der Waals surface area (Å²) in [5.74, 6) is 0.181. The van der Waals surface area contributed by atoms with Crippen LogP contribution in [0.4, 0.5) is 13.8 Å². The van der Waals surface area contributed by atoms with Crippen molar-refractivity contribution in [1.29, 1.82) is 5.26 Å². The Hall–Kier alpha value is -2.46. The Bertz CT molecular complexity index is 825. The maximum Gasteiger partial charge on any atom is 0.387 e. The first-order valence-corrected chi connectivity index (χ1v) is 8.70. The molecule has 0 spiro atoms. The summed E-state index contributed by atoms with van der Waals surface area (Å²) in [5.41, 5.74) is 1.89. The third-order valence-electron chi connectivity index (χ3n) is 4.19. The number of nitriles is 1. The molecule has 0 saturated heterocycles. The third kappa shape index (κ3) is 3.80. The van der Waals surface area contributed by atoms with E-state index in [1.165, 1.54) is 35.6 Å². The summed E-state index contributed by atoms with van der Waals surface area (Å²) in [6.45, 7) is -0.728. The lowest BCUT2D eigenvalue weighted by atomic mass is 9.88. The minimum Gasteiger partial charge on any atom is -0.435 e. The molecule has 2 aromatic rings. The first-order chi connectivity index (χ1) is 12.0. The van der Waals surface area contributed by atoms with Crippen LogP contribution in [0.25, 0.3) is 0 Å². The Labute approximate surface area is 148 Å². The molecule has 0 radical (unpaired) electrons. The molecule has 0 saturated carbocycles. The van der Waals surface area contributed by atoms with Gasteiger partial charge in [0.1, 0.15) is 16.8 Å². The van der Waals surface area contributed by atoms with Crippen molar-refractivity contribution in [3.8, 4) is 11.8 Å². The molecule has 1 aliphatic carbocycles. The van der Waals surface area contributed by atoms with Crippen LogP contribution in [-0.2, 0) is 12.8 Å². The Morgan fingerprint density at radius 1 is 1.40 bits per heavy atom. The summed E-state index contributed by atoms with van der Waals surface area (Å²) >= 11 is 1.45. The molecular weight excluding hydrogens is 346 g/mol. The summed E-state index contributed by atoms with van der Waals surface area (Å²) < 4.78 is 28.6. The van der Waals surface area contributed by atoms with Crippen LogP contribution in [0.1, 0.15) is 39.7 Å². The minimum atomic E-state index is -2.90. The lowest BCUT2D eigenvalue weighted by Gasteiger charge is -2.17. The van der Waals surface area contributed by atoms with Crippen LogP contribution in [0.5, 0.6) is 5.75 Å². The molecule has 4 nitrogen and oxygen atoms in total. The number of fused-ring (bicyclic) bond motifs is 1. The molecule has 1 aromatic heterocycles. The van der Waals surface area contributed by atoms with Gasteiger partial charge in [-0.1, -0.05) is 6.92 Å². The number of nitrogens with zero attached hydrogens (tertiary/aromatic N) is 1. The van der Waals surface area contributed by atoms with Gasteiger partial charge in [0.15, 0.2) is 0 Å². The number of carbonyl (C=O) groups is 1. The second-order valence-electron chi connectivity index (χ2n) is 6.02. The second-order valence-corrected chi connectivity index (χ2v) is 7.13. The summed E-state index contributed by atoms with van der Waals surface area (Å²) in [4.78, 5) is 13.5. The van der Waals surface area contributed by atoms with Crippen molar-refractivity contribution in [3.05, 3.63) is 45.8 Å². The van der Waals surface area contributed by atoms with Crippen LogP contribution in [0.15, 0.2) is 24.3 Å². The van der Waals surface area contributed by atoms with Gasteiger partial charge >= 0.3 is 6.61 Å². The van der Waals surface area contributed by atoms with E-state index in [-0.39, 0.29) is 11.7 Å². The number of hydrogen-bond acceptors (Lipinski definition) is 4. The molecule has 7 heteroatoms. The molecule has 1 amide bonds. The van der Waals surface area contributed by atoms with E-state index in [2.05, 4.69) is 23.0 Å². The van der Waals surface area contributed by atoms with Gasteiger partial charge in [0, 0.05) is 10.4 Å². The van der Waals surface area contributed by atoms with Crippen LogP contribution >= 0.6 is 11.3 Å². The van der Waals surface area contributed by atoms with Crippen LogP contribution in [0, 0.1) is 17.2 Å². The quantitative estimate of drug-likeness (QED) is 0.865. The number of rotatable bonds is 4. The lowest BCUT2D eigenvalue weighted by Crippen LogP contribution is -2.12. The number of thiophene rings is 1. The number of hydrogen-bond donors (Lipinski definition) is 1. The number of ether oxygens (including phenoxy) is 1. The van der Waals surface area contributed by atoms with Crippen molar-refractivity contribution >= 4 is 22.2 Å². The SMILES string of the molecule is CC1CCc2c(sc(NC(=O)c3ccc(OC(F)F)cc3)c2C#N)C1. The highest BCUT2D eigenvalue weighted by molar-refractivity contribution is 7.16. The molecule has 1 aliphatic rings. The largest absolute Gasteiger partial charge is 0.435 e. The molecule has 0 fully saturated rings.